The lowest BCUT2D eigenvalue weighted by molar-refractivity contribution is 0.487. The van der Waals surface area contributed by atoms with E-state index in [0.29, 0.717) is 0 Å². The van der Waals surface area contributed by atoms with Crippen molar-refractivity contribution in [3.63, 3.8) is 0 Å². The quantitative estimate of drug-likeness (QED) is 0.189. The SMILES string of the molecule is c1ccc(N(c2ccc3c(c2)-c2ccccc2C3(c2ccccc2)c2ccccc2)c2ccc3c4c(cccc24)Oc2ccccc2-3)cc1. The molecule has 0 radical (unpaired) electrons. The zero-order valence-electron chi connectivity index (χ0n) is 26.8. The molecule has 0 amide bonds. The Bertz CT molecular complexity index is 2480. The molecule has 230 valence electrons. The molecule has 8 aromatic carbocycles. The summed E-state index contributed by atoms with van der Waals surface area (Å²) >= 11 is 0. The fraction of sp³-hybridized carbons (Fsp3) is 0.0213. The Morgan fingerprint density at radius 2 is 1.00 bits per heavy atom. The highest BCUT2D eigenvalue weighted by Gasteiger charge is 2.46. The van der Waals surface area contributed by atoms with Crippen molar-refractivity contribution in [3.8, 4) is 33.8 Å². The number of ether oxygens (including phenoxy) is 1. The number of para-hydroxylation sites is 2. The third-order valence-electron chi connectivity index (χ3n) is 10.3. The van der Waals surface area contributed by atoms with E-state index in [1.54, 1.807) is 0 Å². The monoisotopic (exact) mass is 625 g/mol. The Labute approximate surface area is 286 Å². The van der Waals surface area contributed by atoms with Gasteiger partial charge in [0.2, 0.25) is 0 Å². The van der Waals surface area contributed by atoms with Gasteiger partial charge in [0.05, 0.1) is 11.1 Å². The lowest BCUT2D eigenvalue weighted by Gasteiger charge is -2.34. The largest absolute Gasteiger partial charge is 0.456 e. The molecule has 0 unspecified atom stereocenters. The van der Waals surface area contributed by atoms with Crippen LogP contribution in [0.4, 0.5) is 17.1 Å². The van der Waals surface area contributed by atoms with Crippen molar-refractivity contribution in [2.75, 3.05) is 4.90 Å². The van der Waals surface area contributed by atoms with Crippen LogP contribution in [-0.4, -0.2) is 0 Å². The van der Waals surface area contributed by atoms with Gasteiger partial charge in [0, 0.05) is 27.7 Å². The van der Waals surface area contributed by atoms with Crippen molar-refractivity contribution >= 4 is 27.8 Å². The van der Waals surface area contributed by atoms with Gasteiger partial charge in [0.15, 0.2) is 0 Å². The lowest BCUT2D eigenvalue weighted by Crippen LogP contribution is -2.28. The number of benzene rings is 8. The standard InChI is InChI=1S/C47H31NO/c1-4-15-32(16-5-1)47(33-17-6-2-7-18-33)41-24-12-10-21-36(41)40-31-35(27-29-42(40)47)48(34-19-8-3-9-20-34)43-30-28-38-37-22-11-13-25-44(37)49-45-26-14-23-39(43)46(38)45/h1-31H. The van der Waals surface area contributed by atoms with E-state index >= 15 is 0 Å². The molecule has 0 N–H and O–H groups in total. The number of nitrogens with zero attached hydrogens (tertiary/aromatic N) is 1. The van der Waals surface area contributed by atoms with Crippen molar-refractivity contribution in [2.45, 2.75) is 5.41 Å². The normalized spacial score (nSPS) is 13.2. The fourth-order valence-electron chi connectivity index (χ4n) is 8.34. The summed E-state index contributed by atoms with van der Waals surface area (Å²) in [5.41, 5.74) is 12.9. The molecule has 2 heteroatoms. The molecular weight excluding hydrogens is 595 g/mol. The summed E-state index contributed by atoms with van der Waals surface area (Å²) < 4.78 is 6.48. The van der Waals surface area contributed by atoms with E-state index in [4.69, 9.17) is 4.74 Å². The second kappa shape index (κ2) is 10.8. The second-order valence-corrected chi connectivity index (χ2v) is 12.8. The Hall–Kier alpha value is -6.38. The molecule has 1 aliphatic carbocycles. The van der Waals surface area contributed by atoms with Gasteiger partial charge in [-0.1, -0.05) is 146 Å². The maximum Gasteiger partial charge on any atom is 0.135 e. The topological polar surface area (TPSA) is 12.5 Å². The Morgan fingerprint density at radius 3 is 1.76 bits per heavy atom. The van der Waals surface area contributed by atoms with Crippen LogP contribution in [0.25, 0.3) is 33.0 Å². The summed E-state index contributed by atoms with van der Waals surface area (Å²) in [7, 11) is 0. The number of fused-ring (bicyclic) bond motifs is 5. The molecular formula is C47H31NO. The predicted molar refractivity (Wildman–Crippen MR) is 201 cm³/mol. The number of rotatable bonds is 5. The van der Waals surface area contributed by atoms with Crippen LogP contribution < -0.4 is 9.64 Å². The lowest BCUT2D eigenvalue weighted by atomic mass is 9.68. The van der Waals surface area contributed by atoms with Crippen molar-refractivity contribution in [3.05, 3.63) is 210 Å². The van der Waals surface area contributed by atoms with Gasteiger partial charge in [-0.15, -0.1) is 0 Å². The van der Waals surface area contributed by atoms with Crippen LogP contribution in [0, 0.1) is 0 Å². The molecule has 0 fully saturated rings. The molecule has 0 spiro atoms. The molecule has 2 aliphatic rings. The zero-order valence-corrected chi connectivity index (χ0v) is 26.8. The highest BCUT2D eigenvalue weighted by atomic mass is 16.5. The summed E-state index contributed by atoms with van der Waals surface area (Å²) in [6.45, 7) is 0. The van der Waals surface area contributed by atoms with Crippen LogP contribution in [0.15, 0.2) is 188 Å². The molecule has 2 nitrogen and oxygen atoms in total. The Kier molecular flexibility index (Phi) is 6.13. The van der Waals surface area contributed by atoms with Crippen LogP contribution in [0.1, 0.15) is 22.3 Å². The Morgan fingerprint density at radius 1 is 0.388 bits per heavy atom. The maximum absolute atomic E-state index is 6.48. The third kappa shape index (κ3) is 4.01. The molecule has 1 aliphatic heterocycles. The smallest absolute Gasteiger partial charge is 0.135 e. The Balaban J connectivity index is 1.24. The summed E-state index contributed by atoms with van der Waals surface area (Å²) in [5.74, 6) is 1.78. The van der Waals surface area contributed by atoms with Gasteiger partial charge >= 0.3 is 0 Å². The van der Waals surface area contributed by atoms with E-state index in [2.05, 4.69) is 187 Å². The van der Waals surface area contributed by atoms with E-state index in [1.807, 2.05) is 6.07 Å². The molecule has 0 atom stereocenters. The van der Waals surface area contributed by atoms with E-state index in [1.165, 1.54) is 38.9 Å². The average molecular weight is 626 g/mol. The molecule has 8 aromatic rings. The second-order valence-electron chi connectivity index (χ2n) is 12.8. The van der Waals surface area contributed by atoms with Crippen molar-refractivity contribution < 1.29 is 4.74 Å². The van der Waals surface area contributed by atoms with Crippen LogP contribution in [0.5, 0.6) is 11.5 Å². The van der Waals surface area contributed by atoms with Crippen LogP contribution in [-0.2, 0) is 5.41 Å². The van der Waals surface area contributed by atoms with Crippen LogP contribution in [0.3, 0.4) is 0 Å². The van der Waals surface area contributed by atoms with Crippen LogP contribution in [0.2, 0.25) is 0 Å². The molecule has 10 rings (SSSR count). The van der Waals surface area contributed by atoms with Gasteiger partial charge in [-0.3, -0.25) is 0 Å². The molecule has 1 heterocycles. The van der Waals surface area contributed by atoms with Gasteiger partial charge in [-0.05, 0) is 81.4 Å². The number of hydrogen-bond acceptors (Lipinski definition) is 2. The number of hydrogen-bond donors (Lipinski definition) is 0. The summed E-state index contributed by atoms with van der Waals surface area (Å²) in [6, 6.07) is 67.9. The first-order valence-corrected chi connectivity index (χ1v) is 16.9. The highest BCUT2D eigenvalue weighted by Crippen LogP contribution is 2.57. The van der Waals surface area contributed by atoms with E-state index in [-0.39, 0.29) is 0 Å². The molecule has 0 aromatic heterocycles. The minimum absolute atomic E-state index is 0.435. The van der Waals surface area contributed by atoms with Crippen molar-refractivity contribution in [2.24, 2.45) is 0 Å². The van der Waals surface area contributed by atoms with Gasteiger partial charge in [0.25, 0.3) is 0 Å². The summed E-state index contributed by atoms with van der Waals surface area (Å²) in [5, 5.41) is 2.29. The first-order valence-electron chi connectivity index (χ1n) is 16.9. The molecule has 0 saturated heterocycles. The maximum atomic E-state index is 6.48. The van der Waals surface area contributed by atoms with Crippen LogP contribution >= 0.6 is 0 Å². The minimum atomic E-state index is -0.435. The van der Waals surface area contributed by atoms with E-state index < -0.39 is 5.41 Å². The van der Waals surface area contributed by atoms with Crippen molar-refractivity contribution in [1.29, 1.82) is 0 Å². The molecule has 0 bridgehead atoms. The average Bonchev–Trinajstić information content (AvgIpc) is 3.47. The first kappa shape index (κ1) is 27.7. The van der Waals surface area contributed by atoms with Gasteiger partial charge in [-0.2, -0.15) is 0 Å². The zero-order chi connectivity index (χ0) is 32.4. The first-order chi connectivity index (χ1) is 24.3. The van der Waals surface area contributed by atoms with E-state index in [9.17, 15) is 0 Å². The third-order valence-corrected chi connectivity index (χ3v) is 10.3. The highest BCUT2D eigenvalue weighted by molar-refractivity contribution is 6.11. The minimum Gasteiger partial charge on any atom is -0.456 e. The molecule has 0 saturated carbocycles. The van der Waals surface area contributed by atoms with Gasteiger partial charge in [0.1, 0.15) is 11.5 Å². The fourth-order valence-corrected chi connectivity index (χ4v) is 8.34. The summed E-state index contributed by atoms with van der Waals surface area (Å²) in [4.78, 5) is 2.40. The van der Waals surface area contributed by atoms with Gasteiger partial charge < -0.3 is 9.64 Å². The van der Waals surface area contributed by atoms with E-state index in [0.717, 1.165) is 44.9 Å². The molecule has 49 heavy (non-hydrogen) atoms. The number of anilines is 3. The predicted octanol–water partition coefficient (Wildman–Crippen LogP) is 12.4. The van der Waals surface area contributed by atoms with Gasteiger partial charge in [-0.25, -0.2) is 0 Å². The van der Waals surface area contributed by atoms with Crippen molar-refractivity contribution in [1.82, 2.24) is 0 Å². The summed E-state index contributed by atoms with van der Waals surface area (Å²) in [6.07, 6.45) is 0.